The summed E-state index contributed by atoms with van der Waals surface area (Å²) in [7, 11) is 0. The van der Waals surface area contributed by atoms with Gasteiger partial charge in [0.2, 0.25) is 5.91 Å². The van der Waals surface area contributed by atoms with E-state index >= 15 is 0 Å². The van der Waals surface area contributed by atoms with Crippen molar-refractivity contribution in [2.75, 3.05) is 11.1 Å². The van der Waals surface area contributed by atoms with Crippen molar-refractivity contribution in [3.05, 3.63) is 45.8 Å². The standard InChI is InChI=1S/C14H12ClN3O3S/c15-9-1-2-11(19)10(5-9)17-13(21)8-6-18-12(20)3-4-16-14(18)22-7-8/h1-5,8,19H,6-7H2,(H,17,21). The summed E-state index contributed by atoms with van der Waals surface area (Å²) in [4.78, 5) is 28.3. The number of carbonyl (C=O) groups is 1. The minimum Gasteiger partial charge on any atom is -0.506 e. The summed E-state index contributed by atoms with van der Waals surface area (Å²) < 4.78 is 1.48. The molecule has 22 heavy (non-hydrogen) atoms. The molecule has 2 heterocycles. The minimum absolute atomic E-state index is 0.0551. The lowest BCUT2D eigenvalue weighted by atomic mass is 10.1. The number of anilines is 1. The number of phenolic OH excluding ortho intramolecular Hbond substituents is 1. The Hall–Kier alpha value is -1.99. The van der Waals surface area contributed by atoms with Crippen molar-refractivity contribution in [2.45, 2.75) is 11.7 Å². The molecule has 1 amide bonds. The van der Waals surface area contributed by atoms with Crippen molar-refractivity contribution in [1.82, 2.24) is 9.55 Å². The van der Waals surface area contributed by atoms with Gasteiger partial charge < -0.3 is 10.4 Å². The van der Waals surface area contributed by atoms with Crippen LogP contribution in [0.15, 0.2) is 40.4 Å². The molecule has 0 saturated carbocycles. The number of aromatic hydroxyl groups is 1. The van der Waals surface area contributed by atoms with Crippen LogP contribution in [0.25, 0.3) is 0 Å². The molecule has 114 valence electrons. The monoisotopic (exact) mass is 337 g/mol. The van der Waals surface area contributed by atoms with Gasteiger partial charge in [0.1, 0.15) is 5.75 Å². The predicted molar refractivity (Wildman–Crippen MR) is 84.5 cm³/mol. The largest absolute Gasteiger partial charge is 0.506 e. The number of aromatic nitrogens is 2. The molecule has 0 fully saturated rings. The molecule has 0 radical (unpaired) electrons. The van der Waals surface area contributed by atoms with Crippen LogP contribution in [0, 0.1) is 5.92 Å². The number of thioether (sulfide) groups is 1. The molecule has 0 spiro atoms. The minimum atomic E-state index is -0.391. The van der Waals surface area contributed by atoms with Gasteiger partial charge in [0.25, 0.3) is 5.56 Å². The number of rotatable bonds is 2. The lowest BCUT2D eigenvalue weighted by Crippen LogP contribution is -2.36. The van der Waals surface area contributed by atoms with Gasteiger partial charge in [-0.1, -0.05) is 23.4 Å². The summed E-state index contributed by atoms with van der Waals surface area (Å²) in [5.41, 5.74) is 0.0763. The van der Waals surface area contributed by atoms with E-state index in [-0.39, 0.29) is 29.4 Å². The van der Waals surface area contributed by atoms with E-state index in [0.717, 1.165) is 0 Å². The summed E-state index contributed by atoms with van der Waals surface area (Å²) in [6, 6.07) is 5.79. The van der Waals surface area contributed by atoms with Crippen LogP contribution in [0.3, 0.4) is 0 Å². The molecule has 6 nitrogen and oxygen atoms in total. The molecule has 0 bridgehead atoms. The maximum absolute atomic E-state index is 12.3. The highest BCUT2D eigenvalue weighted by Gasteiger charge is 2.26. The fourth-order valence-corrected chi connectivity index (χ4v) is 3.39. The van der Waals surface area contributed by atoms with Gasteiger partial charge in [-0.2, -0.15) is 0 Å². The number of amides is 1. The Morgan fingerprint density at radius 3 is 3.09 bits per heavy atom. The first-order valence-electron chi connectivity index (χ1n) is 6.52. The SMILES string of the molecule is O=C(Nc1cc(Cl)ccc1O)C1CSc2nccc(=O)n2C1. The maximum Gasteiger partial charge on any atom is 0.254 e. The molecule has 8 heteroatoms. The van der Waals surface area contributed by atoms with Crippen molar-refractivity contribution < 1.29 is 9.90 Å². The second-order valence-electron chi connectivity index (χ2n) is 4.83. The summed E-state index contributed by atoms with van der Waals surface area (Å²) >= 11 is 7.21. The van der Waals surface area contributed by atoms with Crippen molar-refractivity contribution in [1.29, 1.82) is 0 Å². The van der Waals surface area contributed by atoms with E-state index in [4.69, 9.17) is 11.6 Å². The first kappa shape index (κ1) is 14.9. The average molecular weight is 338 g/mol. The Morgan fingerprint density at radius 2 is 2.27 bits per heavy atom. The average Bonchev–Trinajstić information content (AvgIpc) is 2.51. The third-order valence-corrected chi connectivity index (χ3v) is 4.69. The Balaban J connectivity index is 1.78. The number of hydrogen-bond acceptors (Lipinski definition) is 5. The summed E-state index contributed by atoms with van der Waals surface area (Å²) in [6.45, 7) is 0.266. The Morgan fingerprint density at radius 1 is 1.45 bits per heavy atom. The normalized spacial score (nSPS) is 16.9. The first-order chi connectivity index (χ1) is 10.5. The molecule has 3 rings (SSSR count). The fourth-order valence-electron chi connectivity index (χ4n) is 2.15. The Bertz CT molecular complexity index is 793. The Labute approximate surface area is 135 Å². The third kappa shape index (κ3) is 2.95. The molecule has 1 atom stereocenters. The summed E-state index contributed by atoms with van der Waals surface area (Å²) in [6.07, 6.45) is 1.46. The maximum atomic E-state index is 12.3. The summed E-state index contributed by atoms with van der Waals surface area (Å²) in [5, 5.41) is 13.4. The highest BCUT2D eigenvalue weighted by Crippen LogP contribution is 2.29. The van der Waals surface area contributed by atoms with Gasteiger partial charge in [-0.25, -0.2) is 4.98 Å². The number of hydrogen-bond donors (Lipinski definition) is 2. The molecule has 2 N–H and O–H groups in total. The number of nitrogens with one attached hydrogen (secondary N) is 1. The zero-order valence-electron chi connectivity index (χ0n) is 11.3. The second kappa shape index (κ2) is 6.02. The number of nitrogens with zero attached hydrogens (tertiary/aromatic N) is 2. The first-order valence-corrected chi connectivity index (χ1v) is 7.89. The summed E-state index contributed by atoms with van der Waals surface area (Å²) in [5.74, 6) is -0.200. The number of phenols is 1. The molecule has 1 aliphatic rings. The predicted octanol–water partition coefficient (Wildman–Crippen LogP) is 1.96. The van der Waals surface area contributed by atoms with Crippen molar-refractivity contribution in [3.63, 3.8) is 0 Å². The highest BCUT2D eigenvalue weighted by molar-refractivity contribution is 7.99. The molecular formula is C14H12ClN3O3S. The number of benzene rings is 1. The van der Waals surface area contributed by atoms with Gasteiger partial charge in [0, 0.05) is 29.6 Å². The molecule has 1 aromatic carbocycles. The molecule has 0 aliphatic carbocycles. The lowest BCUT2D eigenvalue weighted by molar-refractivity contribution is -0.119. The van der Waals surface area contributed by atoms with Crippen LogP contribution in [0.4, 0.5) is 5.69 Å². The van der Waals surface area contributed by atoms with E-state index in [0.29, 0.717) is 15.9 Å². The van der Waals surface area contributed by atoms with E-state index < -0.39 is 5.92 Å². The highest BCUT2D eigenvalue weighted by atomic mass is 35.5. The van der Waals surface area contributed by atoms with Crippen LogP contribution in [-0.2, 0) is 11.3 Å². The van der Waals surface area contributed by atoms with Crippen LogP contribution in [0.2, 0.25) is 5.02 Å². The van der Waals surface area contributed by atoms with Gasteiger partial charge in [-0.3, -0.25) is 14.2 Å². The molecule has 0 saturated heterocycles. The van der Waals surface area contributed by atoms with E-state index in [1.165, 1.54) is 46.8 Å². The van der Waals surface area contributed by atoms with Crippen LogP contribution in [-0.4, -0.2) is 26.3 Å². The van der Waals surface area contributed by atoms with E-state index in [9.17, 15) is 14.7 Å². The van der Waals surface area contributed by atoms with Gasteiger partial charge in [0.15, 0.2) is 5.16 Å². The van der Waals surface area contributed by atoms with Crippen molar-refractivity contribution >= 4 is 35.0 Å². The number of halogens is 1. The number of carbonyl (C=O) groups excluding carboxylic acids is 1. The van der Waals surface area contributed by atoms with Gasteiger partial charge in [0.05, 0.1) is 11.6 Å². The lowest BCUT2D eigenvalue weighted by Gasteiger charge is -2.24. The third-order valence-electron chi connectivity index (χ3n) is 3.30. The number of fused-ring (bicyclic) bond motifs is 1. The van der Waals surface area contributed by atoms with Gasteiger partial charge in [-0.05, 0) is 18.2 Å². The van der Waals surface area contributed by atoms with Crippen LogP contribution < -0.4 is 10.9 Å². The fraction of sp³-hybridized carbons (Fsp3) is 0.214. The smallest absolute Gasteiger partial charge is 0.254 e. The molecule has 2 aromatic rings. The van der Waals surface area contributed by atoms with Crippen molar-refractivity contribution in [3.8, 4) is 5.75 Å². The van der Waals surface area contributed by atoms with E-state index in [2.05, 4.69) is 10.3 Å². The van der Waals surface area contributed by atoms with Crippen LogP contribution >= 0.6 is 23.4 Å². The Kier molecular flexibility index (Phi) is 4.08. The quantitative estimate of drug-likeness (QED) is 0.646. The zero-order valence-corrected chi connectivity index (χ0v) is 12.9. The molecular weight excluding hydrogens is 326 g/mol. The molecule has 1 aromatic heterocycles. The van der Waals surface area contributed by atoms with Gasteiger partial charge >= 0.3 is 0 Å². The zero-order chi connectivity index (χ0) is 15.7. The van der Waals surface area contributed by atoms with Crippen LogP contribution in [0.1, 0.15) is 0 Å². The van der Waals surface area contributed by atoms with E-state index in [1.54, 1.807) is 0 Å². The van der Waals surface area contributed by atoms with E-state index in [1.807, 2.05) is 0 Å². The van der Waals surface area contributed by atoms with Crippen molar-refractivity contribution in [2.24, 2.45) is 5.92 Å². The molecule has 1 aliphatic heterocycles. The van der Waals surface area contributed by atoms with Gasteiger partial charge in [-0.15, -0.1) is 0 Å². The molecule has 1 unspecified atom stereocenters. The topological polar surface area (TPSA) is 84.2 Å². The van der Waals surface area contributed by atoms with Crippen LogP contribution in [0.5, 0.6) is 5.75 Å². The second-order valence-corrected chi connectivity index (χ2v) is 6.26.